The van der Waals surface area contributed by atoms with E-state index in [-0.39, 0.29) is 11.7 Å². The third kappa shape index (κ3) is 3.37. The topological polar surface area (TPSA) is 80.9 Å². The van der Waals surface area contributed by atoms with Crippen LogP contribution < -0.4 is 11.1 Å². The number of nitrogens with one attached hydrogen (secondary N) is 1. The average molecular weight is 411 g/mol. The number of thiophene rings is 1. The minimum Gasteiger partial charge on any atom is -0.383 e. The van der Waals surface area contributed by atoms with Crippen molar-refractivity contribution in [1.82, 2.24) is 9.97 Å². The average Bonchev–Trinajstić information content (AvgIpc) is 3.30. The highest BCUT2D eigenvalue weighted by atomic mass is 32.2. The molecule has 3 N–H and O–H groups in total. The second kappa shape index (κ2) is 7.37. The number of rotatable bonds is 4. The first-order valence-corrected chi connectivity index (χ1v) is 11.6. The van der Waals surface area contributed by atoms with Crippen molar-refractivity contribution < 1.29 is 4.79 Å². The zero-order chi connectivity index (χ0) is 19.1. The van der Waals surface area contributed by atoms with E-state index in [0.717, 1.165) is 41.6 Å². The molecule has 144 valence electrons. The number of benzene rings is 1. The zero-order valence-corrected chi connectivity index (χ0v) is 17.2. The summed E-state index contributed by atoms with van der Waals surface area (Å²) in [5.41, 5.74) is 11.2. The molecule has 5 nitrogen and oxygen atoms in total. The minimum atomic E-state index is -0.0457. The first-order valence-electron chi connectivity index (χ1n) is 9.79. The van der Waals surface area contributed by atoms with Crippen LogP contribution in [0.4, 0.5) is 11.5 Å². The van der Waals surface area contributed by atoms with Gasteiger partial charge in [0.05, 0.1) is 11.1 Å². The summed E-state index contributed by atoms with van der Waals surface area (Å²) in [5.74, 6) is 0.772. The summed E-state index contributed by atoms with van der Waals surface area (Å²) in [6, 6.07) is 6.21. The van der Waals surface area contributed by atoms with Gasteiger partial charge >= 0.3 is 0 Å². The first-order chi connectivity index (χ1) is 13.7. The molecule has 3 aromatic rings. The van der Waals surface area contributed by atoms with Crippen LogP contribution in [0.1, 0.15) is 40.8 Å². The van der Waals surface area contributed by atoms with E-state index in [4.69, 9.17) is 5.73 Å². The summed E-state index contributed by atoms with van der Waals surface area (Å²) < 4.78 is 0. The van der Waals surface area contributed by atoms with Gasteiger partial charge in [0.1, 0.15) is 10.6 Å². The summed E-state index contributed by atoms with van der Waals surface area (Å²) in [5, 5.41) is 4.60. The summed E-state index contributed by atoms with van der Waals surface area (Å²) >= 11 is 3.07. The van der Waals surface area contributed by atoms with Crippen molar-refractivity contribution in [2.75, 3.05) is 16.8 Å². The van der Waals surface area contributed by atoms with Gasteiger partial charge in [-0.3, -0.25) is 4.79 Å². The second-order valence-corrected chi connectivity index (χ2v) is 9.48. The largest absolute Gasteiger partial charge is 0.383 e. The van der Waals surface area contributed by atoms with Crippen molar-refractivity contribution in [3.63, 3.8) is 0 Å². The van der Waals surface area contributed by atoms with Crippen molar-refractivity contribution in [1.29, 1.82) is 0 Å². The molecule has 1 amide bonds. The zero-order valence-electron chi connectivity index (χ0n) is 15.6. The number of carbonyl (C=O) groups excluding carboxylic acids is 1. The van der Waals surface area contributed by atoms with E-state index in [0.29, 0.717) is 11.0 Å². The van der Waals surface area contributed by atoms with Crippen LogP contribution >= 0.6 is 23.1 Å². The Labute approximate surface area is 172 Å². The minimum absolute atomic E-state index is 0.0457. The Bertz CT molecular complexity index is 1080. The van der Waals surface area contributed by atoms with E-state index in [1.807, 2.05) is 6.07 Å². The molecule has 0 aliphatic heterocycles. The van der Waals surface area contributed by atoms with Crippen molar-refractivity contribution in [3.8, 4) is 0 Å². The fraction of sp³-hybridized carbons (Fsp3) is 0.381. The Kier molecular flexibility index (Phi) is 4.72. The highest BCUT2D eigenvalue weighted by Crippen LogP contribution is 2.38. The number of hydrogen-bond donors (Lipinski definition) is 2. The molecule has 0 radical (unpaired) electrons. The summed E-state index contributed by atoms with van der Waals surface area (Å²) in [6.07, 6.45) is 8.07. The number of nitrogens with two attached hydrogens (primary N) is 1. The van der Waals surface area contributed by atoms with Crippen molar-refractivity contribution >= 4 is 50.7 Å². The number of nitrogen functional groups attached to an aromatic ring is 1. The van der Waals surface area contributed by atoms with Gasteiger partial charge in [0.2, 0.25) is 5.91 Å². The smallest absolute Gasteiger partial charge is 0.234 e. The lowest BCUT2D eigenvalue weighted by Crippen LogP contribution is -2.14. The molecular formula is C21H22N4OS2. The SMILES string of the molecule is Nc1nc(SCC(=O)Nc2ccc3c(c2)CCC3)nc2sc3c(c12)CCCC3. The number of anilines is 2. The second-order valence-electron chi connectivity index (χ2n) is 7.46. The molecule has 28 heavy (non-hydrogen) atoms. The van der Waals surface area contributed by atoms with Gasteiger partial charge in [-0.1, -0.05) is 17.8 Å². The molecule has 0 saturated heterocycles. The lowest BCUT2D eigenvalue weighted by molar-refractivity contribution is -0.113. The Morgan fingerprint density at radius 1 is 1.11 bits per heavy atom. The highest BCUT2D eigenvalue weighted by Gasteiger charge is 2.20. The molecule has 0 unspecified atom stereocenters. The molecule has 2 heterocycles. The van der Waals surface area contributed by atoms with Gasteiger partial charge in [-0.2, -0.15) is 0 Å². The van der Waals surface area contributed by atoms with Gasteiger partial charge in [0.25, 0.3) is 0 Å². The molecule has 2 aliphatic carbocycles. The van der Waals surface area contributed by atoms with Crippen LogP contribution in [0, 0.1) is 0 Å². The lowest BCUT2D eigenvalue weighted by Gasteiger charge is -2.10. The van der Waals surface area contributed by atoms with Crippen LogP contribution in [-0.4, -0.2) is 21.6 Å². The number of amides is 1. The highest BCUT2D eigenvalue weighted by molar-refractivity contribution is 7.99. The maximum absolute atomic E-state index is 12.4. The molecular weight excluding hydrogens is 388 g/mol. The molecule has 0 bridgehead atoms. The summed E-state index contributed by atoms with van der Waals surface area (Å²) in [4.78, 5) is 23.9. The van der Waals surface area contributed by atoms with Crippen molar-refractivity contribution in [2.24, 2.45) is 0 Å². The molecule has 2 aromatic heterocycles. The Hall–Kier alpha value is -2.12. The van der Waals surface area contributed by atoms with Crippen molar-refractivity contribution in [3.05, 3.63) is 39.8 Å². The van der Waals surface area contributed by atoms with E-state index in [2.05, 4.69) is 27.4 Å². The molecule has 0 atom stereocenters. The monoisotopic (exact) mass is 410 g/mol. The van der Waals surface area contributed by atoms with E-state index in [1.54, 1.807) is 11.3 Å². The quantitative estimate of drug-likeness (QED) is 0.493. The molecule has 5 rings (SSSR count). The van der Waals surface area contributed by atoms with Gasteiger partial charge < -0.3 is 11.1 Å². The van der Waals surface area contributed by atoms with Gasteiger partial charge in [-0.25, -0.2) is 9.97 Å². The number of aromatic nitrogens is 2. The standard InChI is InChI=1S/C21H22N4OS2/c22-19-18-15-6-1-2-7-16(15)28-20(18)25-21(24-19)27-11-17(26)23-14-9-8-12-4-3-5-13(12)10-14/h8-10H,1-7,11H2,(H,23,26)(H2,22,24,25). The number of aryl methyl sites for hydroxylation is 4. The predicted molar refractivity (Wildman–Crippen MR) is 116 cm³/mol. The number of carbonyl (C=O) groups is 1. The third-order valence-corrected chi connectivity index (χ3v) is 7.57. The molecule has 2 aliphatic rings. The third-order valence-electron chi connectivity index (χ3n) is 5.54. The molecule has 1 aromatic carbocycles. The summed E-state index contributed by atoms with van der Waals surface area (Å²) in [7, 11) is 0. The van der Waals surface area contributed by atoms with Crippen LogP contribution in [0.5, 0.6) is 0 Å². The fourth-order valence-corrected chi connectivity index (χ4v) is 6.18. The van der Waals surface area contributed by atoms with Crippen LogP contribution in [0.2, 0.25) is 0 Å². The summed E-state index contributed by atoms with van der Waals surface area (Å²) in [6.45, 7) is 0. The first kappa shape index (κ1) is 17.9. The Balaban J connectivity index is 1.28. The van der Waals surface area contributed by atoms with E-state index < -0.39 is 0 Å². The van der Waals surface area contributed by atoms with Crippen LogP contribution in [0.3, 0.4) is 0 Å². The normalized spacial score (nSPS) is 15.4. The van der Waals surface area contributed by atoms with E-state index in [9.17, 15) is 4.79 Å². The van der Waals surface area contributed by atoms with E-state index >= 15 is 0 Å². The Morgan fingerprint density at radius 3 is 2.89 bits per heavy atom. The maximum atomic E-state index is 12.4. The van der Waals surface area contributed by atoms with Gasteiger partial charge in [0.15, 0.2) is 5.16 Å². The number of fused-ring (bicyclic) bond motifs is 4. The molecule has 0 spiro atoms. The predicted octanol–water partition coefficient (Wildman–Crippen LogP) is 4.37. The molecule has 7 heteroatoms. The van der Waals surface area contributed by atoms with Gasteiger partial charge in [-0.15, -0.1) is 11.3 Å². The van der Waals surface area contributed by atoms with Crippen LogP contribution in [0.25, 0.3) is 10.2 Å². The molecule has 0 fully saturated rings. The van der Waals surface area contributed by atoms with Crippen LogP contribution in [-0.2, 0) is 30.5 Å². The van der Waals surface area contributed by atoms with Crippen molar-refractivity contribution in [2.45, 2.75) is 50.1 Å². The number of hydrogen-bond acceptors (Lipinski definition) is 6. The van der Waals surface area contributed by atoms with Gasteiger partial charge in [-0.05, 0) is 73.8 Å². The van der Waals surface area contributed by atoms with E-state index in [1.165, 1.54) is 52.6 Å². The molecule has 0 saturated carbocycles. The maximum Gasteiger partial charge on any atom is 0.234 e. The number of thioether (sulfide) groups is 1. The Morgan fingerprint density at radius 2 is 1.96 bits per heavy atom. The number of nitrogens with zero attached hydrogens (tertiary/aromatic N) is 2. The van der Waals surface area contributed by atoms with Gasteiger partial charge in [0, 0.05) is 10.6 Å². The van der Waals surface area contributed by atoms with Crippen LogP contribution in [0.15, 0.2) is 23.4 Å². The lowest BCUT2D eigenvalue weighted by atomic mass is 9.97. The fourth-order valence-electron chi connectivity index (χ4n) is 4.21.